The molecule has 116 valence electrons. The first-order valence-corrected chi connectivity index (χ1v) is 6.59. The van der Waals surface area contributed by atoms with Gasteiger partial charge in [-0.2, -0.15) is 0 Å². The smallest absolute Gasteiger partial charge is 0.342 e. The molecule has 9 nitrogen and oxygen atoms in total. The Morgan fingerprint density at radius 1 is 1.67 bits per heavy atom. The van der Waals surface area contributed by atoms with Gasteiger partial charge in [0.05, 0.1) is 19.1 Å². The third-order valence-electron chi connectivity index (χ3n) is 3.83. The molecule has 1 aliphatic rings. The molecule has 1 saturated heterocycles. The molecule has 1 fully saturated rings. The monoisotopic (exact) mass is 298 g/mol. The Labute approximate surface area is 121 Å². The first-order valence-electron chi connectivity index (χ1n) is 6.59. The summed E-state index contributed by atoms with van der Waals surface area (Å²) >= 11 is 0. The number of aryl methyl sites for hydroxylation is 1. The van der Waals surface area contributed by atoms with Crippen molar-refractivity contribution in [2.75, 3.05) is 26.8 Å². The number of hydrogen-bond donors (Lipinski definition) is 1. The van der Waals surface area contributed by atoms with Crippen LogP contribution < -0.4 is 0 Å². The summed E-state index contributed by atoms with van der Waals surface area (Å²) in [7, 11) is 1.80. The minimum atomic E-state index is -0.880. The number of aliphatic carboxylic acids is 1. The van der Waals surface area contributed by atoms with E-state index in [1.54, 1.807) is 14.0 Å². The van der Waals surface area contributed by atoms with E-state index < -0.39 is 16.8 Å². The number of carboxylic acid groups (broad SMARTS) is 1. The van der Waals surface area contributed by atoms with E-state index >= 15 is 0 Å². The number of likely N-dealkylation sites (N-methyl/N-ethyl adjacent to an activating group) is 1. The summed E-state index contributed by atoms with van der Waals surface area (Å²) in [5.74, 6) is -0.936. The molecule has 1 N–H and O–H groups in total. The Morgan fingerprint density at radius 3 is 3.00 bits per heavy atom. The molecule has 0 amide bonds. The Bertz CT molecular complexity index is 544. The van der Waals surface area contributed by atoms with Crippen molar-refractivity contribution in [1.29, 1.82) is 0 Å². The fraction of sp³-hybridized carbons (Fsp3) is 0.667. The zero-order valence-corrected chi connectivity index (χ0v) is 11.9. The highest BCUT2D eigenvalue weighted by atomic mass is 16.6. The van der Waals surface area contributed by atoms with Gasteiger partial charge in [0, 0.05) is 19.5 Å². The molecule has 0 spiro atoms. The summed E-state index contributed by atoms with van der Waals surface area (Å²) in [5, 5.41) is 20.0. The van der Waals surface area contributed by atoms with Crippen LogP contribution in [-0.2, 0) is 16.1 Å². The van der Waals surface area contributed by atoms with E-state index in [9.17, 15) is 14.9 Å². The maximum atomic E-state index is 11.1. The van der Waals surface area contributed by atoms with E-state index in [4.69, 9.17) is 9.84 Å². The number of imidazole rings is 1. The van der Waals surface area contributed by atoms with Crippen LogP contribution >= 0.6 is 0 Å². The Balaban J connectivity index is 2.01. The zero-order chi connectivity index (χ0) is 15.6. The summed E-state index contributed by atoms with van der Waals surface area (Å²) in [6.45, 7) is 3.12. The van der Waals surface area contributed by atoms with Gasteiger partial charge >= 0.3 is 11.8 Å². The van der Waals surface area contributed by atoms with E-state index in [1.807, 2.05) is 4.90 Å². The number of rotatable bonds is 6. The number of aromatic nitrogens is 2. The molecule has 1 aromatic heterocycles. The zero-order valence-electron chi connectivity index (χ0n) is 11.9. The van der Waals surface area contributed by atoms with Crippen LogP contribution in [0.25, 0.3) is 0 Å². The highest BCUT2D eigenvalue weighted by Gasteiger charge is 2.36. The number of carboxylic acids is 1. The maximum absolute atomic E-state index is 11.1. The molecule has 0 saturated carbocycles. The van der Waals surface area contributed by atoms with Crippen LogP contribution in [0.1, 0.15) is 5.82 Å². The molecule has 2 heterocycles. The maximum Gasteiger partial charge on any atom is 0.342 e. The second-order valence-corrected chi connectivity index (χ2v) is 5.10. The fourth-order valence-electron chi connectivity index (χ4n) is 2.52. The van der Waals surface area contributed by atoms with Gasteiger partial charge in [0.15, 0.2) is 5.82 Å². The van der Waals surface area contributed by atoms with Crippen molar-refractivity contribution in [2.45, 2.75) is 19.5 Å². The second-order valence-electron chi connectivity index (χ2n) is 5.10. The third kappa shape index (κ3) is 3.19. The van der Waals surface area contributed by atoms with Crippen LogP contribution in [0.3, 0.4) is 0 Å². The summed E-state index contributed by atoms with van der Waals surface area (Å²) < 4.78 is 6.74. The van der Waals surface area contributed by atoms with Gasteiger partial charge in [-0.3, -0.25) is 9.69 Å². The molecule has 0 aromatic carbocycles. The van der Waals surface area contributed by atoms with Gasteiger partial charge in [-0.15, -0.1) is 0 Å². The average molecular weight is 298 g/mol. The minimum Gasteiger partial charge on any atom is -0.481 e. The summed E-state index contributed by atoms with van der Waals surface area (Å²) in [6.07, 6.45) is 1.23. The number of hydrogen-bond acceptors (Lipinski definition) is 6. The predicted molar refractivity (Wildman–Crippen MR) is 72.0 cm³/mol. The molecule has 21 heavy (non-hydrogen) atoms. The molecule has 9 heteroatoms. The average Bonchev–Trinajstić information content (AvgIpc) is 3.02. The molecule has 2 atom stereocenters. The molecule has 1 aliphatic heterocycles. The van der Waals surface area contributed by atoms with E-state index in [-0.39, 0.29) is 18.5 Å². The Kier molecular flexibility index (Phi) is 4.53. The van der Waals surface area contributed by atoms with Crippen molar-refractivity contribution >= 4 is 11.8 Å². The summed E-state index contributed by atoms with van der Waals surface area (Å²) in [5.41, 5.74) is 0. The first-order chi connectivity index (χ1) is 9.91. The van der Waals surface area contributed by atoms with Crippen molar-refractivity contribution in [3.8, 4) is 0 Å². The molecule has 2 rings (SSSR count). The molecule has 1 aromatic rings. The number of nitrogens with zero attached hydrogens (tertiary/aromatic N) is 4. The number of nitro groups is 1. The third-order valence-corrected chi connectivity index (χ3v) is 3.83. The van der Waals surface area contributed by atoms with Crippen molar-refractivity contribution < 1.29 is 19.6 Å². The van der Waals surface area contributed by atoms with Gasteiger partial charge in [0.2, 0.25) is 0 Å². The van der Waals surface area contributed by atoms with Gasteiger partial charge in [0.25, 0.3) is 0 Å². The lowest BCUT2D eigenvalue weighted by Gasteiger charge is -2.25. The molecular weight excluding hydrogens is 280 g/mol. The lowest BCUT2D eigenvalue weighted by Crippen LogP contribution is -2.42. The molecule has 0 bridgehead atoms. The van der Waals surface area contributed by atoms with Crippen LogP contribution in [0.4, 0.5) is 5.82 Å². The van der Waals surface area contributed by atoms with Crippen molar-refractivity contribution in [3.05, 3.63) is 22.1 Å². The van der Waals surface area contributed by atoms with E-state index in [1.165, 1.54) is 10.8 Å². The van der Waals surface area contributed by atoms with Crippen LogP contribution in [0.2, 0.25) is 0 Å². The topological polar surface area (TPSA) is 111 Å². The summed E-state index contributed by atoms with van der Waals surface area (Å²) in [4.78, 5) is 27.4. The van der Waals surface area contributed by atoms with E-state index in [2.05, 4.69) is 4.98 Å². The molecule has 0 aliphatic carbocycles. The number of ether oxygens (including phenoxy) is 1. The molecular formula is C12H18N4O5. The van der Waals surface area contributed by atoms with Crippen molar-refractivity contribution in [3.63, 3.8) is 0 Å². The largest absolute Gasteiger partial charge is 0.481 e. The van der Waals surface area contributed by atoms with E-state index in [0.717, 1.165) is 0 Å². The summed E-state index contributed by atoms with van der Waals surface area (Å²) in [6, 6.07) is -0.217. The quantitative estimate of drug-likeness (QED) is 0.587. The Hall–Kier alpha value is -2.00. The van der Waals surface area contributed by atoms with Crippen LogP contribution in [0, 0.1) is 23.0 Å². The fourth-order valence-corrected chi connectivity index (χ4v) is 2.52. The second kappa shape index (κ2) is 6.19. The first kappa shape index (κ1) is 15.4. The lowest BCUT2D eigenvalue weighted by molar-refractivity contribution is -0.392. The molecule has 0 radical (unpaired) electrons. The highest BCUT2D eigenvalue weighted by molar-refractivity contribution is 5.71. The minimum absolute atomic E-state index is 0.0571. The lowest BCUT2D eigenvalue weighted by atomic mass is 10.0. The highest BCUT2D eigenvalue weighted by Crippen LogP contribution is 2.20. The van der Waals surface area contributed by atoms with Crippen LogP contribution in [-0.4, -0.2) is 63.3 Å². The SMILES string of the molecule is Cc1ncc([N+](=O)[O-])n1CCN(C)C1COCC1C(=O)O. The van der Waals surface area contributed by atoms with E-state index in [0.29, 0.717) is 25.5 Å². The Morgan fingerprint density at radius 2 is 2.38 bits per heavy atom. The van der Waals surface area contributed by atoms with Gasteiger partial charge < -0.3 is 20.0 Å². The van der Waals surface area contributed by atoms with Crippen LogP contribution in [0.5, 0.6) is 0 Å². The predicted octanol–water partition coefficient (Wildman–Crippen LogP) is 0.131. The number of carbonyl (C=O) groups is 1. The van der Waals surface area contributed by atoms with Crippen molar-refractivity contribution in [2.24, 2.45) is 5.92 Å². The van der Waals surface area contributed by atoms with Crippen LogP contribution in [0.15, 0.2) is 6.20 Å². The van der Waals surface area contributed by atoms with Gasteiger partial charge in [0.1, 0.15) is 12.7 Å². The normalized spacial score (nSPS) is 21.9. The molecule has 2 unspecified atom stereocenters. The van der Waals surface area contributed by atoms with Gasteiger partial charge in [-0.25, -0.2) is 9.55 Å². The van der Waals surface area contributed by atoms with Gasteiger partial charge in [-0.05, 0) is 12.0 Å². The standard InChI is InChI=1S/C12H18N4O5/c1-8-13-5-11(16(19)20)15(8)4-3-14(2)10-7-21-6-9(10)12(17)18/h5,9-10H,3-4,6-7H2,1-2H3,(H,17,18). The van der Waals surface area contributed by atoms with Gasteiger partial charge in [-0.1, -0.05) is 0 Å². The van der Waals surface area contributed by atoms with Crippen molar-refractivity contribution in [1.82, 2.24) is 14.5 Å².